The summed E-state index contributed by atoms with van der Waals surface area (Å²) in [6, 6.07) is 0. The molecule has 0 saturated heterocycles. The number of aliphatic hydroxyl groups is 2. The van der Waals surface area contributed by atoms with Crippen LogP contribution >= 0.6 is 0 Å². The van der Waals surface area contributed by atoms with Gasteiger partial charge in [-0.15, -0.1) is 0 Å². The van der Waals surface area contributed by atoms with Crippen molar-refractivity contribution in [1.29, 1.82) is 0 Å². The molecule has 5 heteroatoms. The van der Waals surface area contributed by atoms with E-state index in [1.54, 1.807) is 0 Å². The Morgan fingerprint density at radius 2 is 1.86 bits per heavy atom. The summed E-state index contributed by atoms with van der Waals surface area (Å²) in [5.74, 6) is 0.855. The summed E-state index contributed by atoms with van der Waals surface area (Å²) in [5.41, 5.74) is -0.398. The second-order valence-corrected chi connectivity index (χ2v) is 11.2. The normalized spacial score (nSPS) is 50.4. The van der Waals surface area contributed by atoms with Crippen LogP contribution in [-0.4, -0.2) is 39.3 Å². The summed E-state index contributed by atoms with van der Waals surface area (Å²) in [6.45, 7) is 6.54. The van der Waals surface area contributed by atoms with Crippen LogP contribution in [0.2, 0.25) is 0 Å². The van der Waals surface area contributed by atoms with Gasteiger partial charge in [-0.3, -0.25) is 9.59 Å². The van der Waals surface area contributed by atoms with Gasteiger partial charge in [0.15, 0.2) is 0 Å². The van der Waals surface area contributed by atoms with Crippen molar-refractivity contribution in [3.63, 3.8) is 0 Å². The molecule has 4 aliphatic carbocycles. The van der Waals surface area contributed by atoms with Crippen LogP contribution in [0.4, 0.5) is 0 Å². The van der Waals surface area contributed by atoms with Crippen LogP contribution in [0.1, 0.15) is 78.6 Å². The van der Waals surface area contributed by atoms with Crippen LogP contribution in [0.25, 0.3) is 0 Å². The zero-order valence-electron chi connectivity index (χ0n) is 18.1. The highest BCUT2D eigenvalue weighted by molar-refractivity contribution is 5.87. The predicted molar refractivity (Wildman–Crippen MR) is 109 cm³/mol. The van der Waals surface area contributed by atoms with E-state index in [1.807, 2.05) is 0 Å². The van der Waals surface area contributed by atoms with Gasteiger partial charge in [0.1, 0.15) is 5.78 Å². The van der Waals surface area contributed by atoms with E-state index in [2.05, 4.69) is 20.8 Å². The number of aliphatic hydroxyl groups excluding tert-OH is 2. The van der Waals surface area contributed by atoms with Crippen molar-refractivity contribution in [3.05, 3.63) is 0 Å². The smallest absolute Gasteiger partial charge is 0.303 e. The van der Waals surface area contributed by atoms with Crippen LogP contribution in [-0.2, 0) is 9.59 Å². The first kappa shape index (κ1) is 21.3. The summed E-state index contributed by atoms with van der Waals surface area (Å²) >= 11 is 0. The number of ketones is 1. The zero-order valence-corrected chi connectivity index (χ0v) is 18.1. The van der Waals surface area contributed by atoms with Crippen LogP contribution in [0, 0.1) is 46.3 Å². The van der Waals surface area contributed by atoms with Gasteiger partial charge in [-0.1, -0.05) is 20.8 Å². The molecule has 0 aliphatic heterocycles. The number of rotatable bonds is 4. The molecule has 0 radical (unpaired) electrons. The molecule has 0 bridgehead atoms. The predicted octanol–water partition coefficient (Wildman–Crippen LogP) is 3.66. The topological polar surface area (TPSA) is 94.8 Å². The molecule has 0 unspecified atom stereocenters. The molecule has 0 amide bonds. The maximum Gasteiger partial charge on any atom is 0.303 e. The summed E-state index contributed by atoms with van der Waals surface area (Å²) < 4.78 is 0. The highest BCUT2D eigenvalue weighted by Crippen LogP contribution is 2.67. The van der Waals surface area contributed by atoms with Gasteiger partial charge in [-0.2, -0.15) is 0 Å². The lowest BCUT2D eigenvalue weighted by molar-refractivity contribution is -0.181. The molecule has 0 spiro atoms. The first-order valence-electron chi connectivity index (χ1n) is 11.7. The van der Waals surface area contributed by atoms with Gasteiger partial charge in [0.05, 0.1) is 12.2 Å². The van der Waals surface area contributed by atoms with Crippen LogP contribution < -0.4 is 0 Å². The second kappa shape index (κ2) is 7.33. The van der Waals surface area contributed by atoms with Crippen LogP contribution in [0.3, 0.4) is 0 Å². The molecule has 0 aromatic rings. The number of aliphatic carboxylic acids is 1. The van der Waals surface area contributed by atoms with E-state index >= 15 is 0 Å². The van der Waals surface area contributed by atoms with E-state index in [4.69, 9.17) is 5.11 Å². The van der Waals surface area contributed by atoms with E-state index in [1.165, 1.54) is 0 Å². The summed E-state index contributed by atoms with van der Waals surface area (Å²) in [6.07, 6.45) is 5.82. The number of fused-ring (bicyclic) bond motifs is 5. The number of hydrogen-bond acceptors (Lipinski definition) is 4. The highest BCUT2D eigenvalue weighted by atomic mass is 16.4. The highest BCUT2D eigenvalue weighted by Gasteiger charge is 2.65. The van der Waals surface area contributed by atoms with Crippen molar-refractivity contribution in [2.75, 3.05) is 0 Å². The molecule has 4 saturated carbocycles. The Bertz CT molecular complexity index is 676. The van der Waals surface area contributed by atoms with Gasteiger partial charge in [-0.25, -0.2) is 0 Å². The minimum Gasteiger partial charge on any atom is -0.481 e. The Morgan fingerprint density at radius 3 is 2.55 bits per heavy atom. The third-order valence-electron chi connectivity index (χ3n) is 10.1. The maximum atomic E-state index is 13.6. The number of carboxylic acids is 1. The molecule has 0 aromatic carbocycles. The van der Waals surface area contributed by atoms with E-state index < -0.39 is 17.5 Å². The Balaban J connectivity index is 1.62. The molecular formula is C24H38O5. The fraction of sp³-hybridized carbons (Fsp3) is 0.917. The summed E-state index contributed by atoms with van der Waals surface area (Å²) in [7, 11) is 0. The first-order chi connectivity index (χ1) is 13.6. The summed E-state index contributed by atoms with van der Waals surface area (Å²) in [4.78, 5) is 24.7. The average molecular weight is 407 g/mol. The van der Waals surface area contributed by atoms with Gasteiger partial charge in [0, 0.05) is 18.3 Å². The average Bonchev–Trinajstić information content (AvgIpc) is 3.01. The number of hydrogen-bond donors (Lipinski definition) is 3. The van der Waals surface area contributed by atoms with Gasteiger partial charge >= 0.3 is 5.97 Å². The summed E-state index contributed by atoms with van der Waals surface area (Å²) in [5, 5.41) is 30.5. The van der Waals surface area contributed by atoms with E-state index in [0.717, 1.165) is 38.5 Å². The lowest BCUT2D eigenvalue weighted by Gasteiger charge is -2.61. The third kappa shape index (κ3) is 3.18. The van der Waals surface area contributed by atoms with Crippen molar-refractivity contribution < 1.29 is 24.9 Å². The van der Waals surface area contributed by atoms with Gasteiger partial charge in [0.2, 0.25) is 0 Å². The molecule has 5 nitrogen and oxygen atoms in total. The first-order valence-corrected chi connectivity index (χ1v) is 11.7. The number of Topliss-reactive ketones (excluding diaryl/α,β-unsaturated/α-hetero) is 1. The van der Waals surface area contributed by atoms with E-state index in [9.17, 15) is 19.8 Å². The van der Waals surface area contributed by atoms with Crippen molar-refractivity contribution in [2.45, 2.75) is 90.8 Å². The molecule has 29 heavy (non-hydrogen) atoms. The SMILES string of the molecule is C[C@H](CCC(=O)O)[C@H]1CC[C@H]2[C@@H]3[C@H](O)C[C@H]4C[C@H](O)CC[C@]4(C)[C@H]3CC(=O)[C@]12C. The molecule has 3 N–H and O–H groups in total. The van der Waals surface area contributed by atoms with E-state index in [-0.39, 0.29) is 47.5 Å². The van der Waals surface area contributed by atoms with Crippen molar-refractivity contribution >= 4 is 11.8 Å². The fourth-order valence-electron chi connectivity index (χ4n) is 8.41. The second-order valence-electron chi connectivity index (χ2n) is 11.2. The molecule has 4 aliphatic rings. The molecule has 164 valence electrons. The number of carboxylic acid groups (broad SMARTS) is 1. The number of carbonyl (C=O) groups excluding carboxylic acids is 1. The van der Waals surface area contributed by atoms with E-state index in [0.29, 0.717) is 24.5 Å². The molecule has 10 atom stereocenters. The maximum absolute atomic E-state index is 13.6. The molecule has 0 aromatic heterocycles. The molecule has 4 rings (SSSR count). The zero-order chi connectivity index (χ0) is 21.1. The lowest BCUT2D eigenvalue weighted by atomic mass is 9.43. The van der Waals surface area contributed by atoms with Crippen molar-refractivity contribution in [2.24, 2.45) is 46.3 Å². The minimum atomic E-state index is -0.771. The Morgan fingerprint density at radius 1 is 1.14 bits per heavy atom. The molecule has 4 fully saturated rings. The third-order valence-corrected chi connectivity index (χ3v) is 10.1. The monoisotopic (exact) mass is 406 g/mol. The Hall–Kier alpha value is -0.940. The molecule has 0 heterocycles. The minimum absolute atomic E-state index is 0.0348. The quantitative estimate of drug-likeness (QED) is 0.662. The Kier molecular flexibility index (Phi) is 5.39. The largest absolute Gasteiger partial charge is 0.481 e. The van der Waals surface area contributed by atoms with Crippen LogP contribution in [0.5, 0.6) is 0 Å². The van der Waals surface area contributed by atoms with Crippen LogP contribution in [0.15, 0.2) is 0 Å². The standard InChI is InChI=1S/C24H38O5/c1-13(4-7-21(28)29)16-5-6-17-22-18(12-20(27)24(16,17)3)23(2)9-8-15(25)10-14(23)11-19(22)26/h13-19,22,25-26H,4-12H2,1-3H3,(H,28,29)/t13-,14-,15-,16-,17+,18+,19-,22+,23+,24-/m1/s1. The van der Waals surface area contributed by atoms with Gasteiger partial charge in [0.25, 0.3) is 0 Å². The fourth-order valence-corrected chi connectivity index (χ4v) is 8.41. The number of carbonyl (C=O) groups is 2. The van der Waals surface area contributed by atoms with Gasteiger partial charge < -0.3 is 15.3 Å². The van der Waals surface area contributed by atoms with Crippen molar-refractivity contribution in [1.82, 2.24) is 0 Å². The Labute approximate surface area is 174 Å². The lowest BCUT2D eigenvalue weighted by Crippen LogP contribution is -2.61. The van der Waals surface area contributed by atoms with Gasteiger partial charge in [-0.05, 0) is 85.9 Å². The van der Waals surface area contributed by atoms with Crippen molar-refractivity contribution in [3.8, 4) is 0 Å². The molecular weight excluding hydrogens is 368 g/mol.